The van der Waals surface area contributed by atoms with Crippen LogP contribution in [0.15, 0.2) is 24.5 Å². The van der Waals surface area contributed by atoms with Crippen LogP contribution >= 0.6 is 11.6 Å². The fourth-order valence-corrected chi connectivity index (χ4v) is 1.55. The van der Waals surface area contributed by atoms with Crippen LogP contribution in [-0.2, 0) is 0 Å². The number of hydrogen-bond acceptors (Lipinski definition) is 3. The number of benzene rings is 1. The van der Waals surface area contributed by atoms with Crippen molar-refractivity contribution in [1.29, 1.82) is 0 Å². The van der Waals surface area contributed by atoms with Gasteiger partial charge < -0.3 is 5.32 Å². The highest BCUT2D eigenvalue weighted by molar-refractivity contribution is 6.30. The number of rotatable bonds is 2. The summed E-state index contributed by atoms with van der Waals surface area (Å²) in [5.41, 5.74) is 2.03. The van der Waals surface area contributed by atoms with Crippen molar-refractivity contribution >= 4 is 23.1 Å². The lowest BCUT2D eigenvalue weighted by molar-refractivity contribution is 0.631. The summed E-state index contributed by atoms with van der Waals surface area (Å²) in [6.45, 7) is 3.67. The first-order chi connectivity index (χ1) is 8.08. The van der Waals surface area contributed by atoms with Crippen LogP contribution < -0.4 is 5.32 Å². The second kappa shape index (κ2) is 4.67. The molecule has 0 aliphatic heterocycles. The second-order valence-corrected chi connectivity index (χ2v) is 4.10. The average molecular weight is 252 g/mol. The molecule has 3 nitrogen and oxygen atoms in total. The van der Waals surface area contributed by atoms with Gasteiger partial charge in [-0.05, 0) is 31.5 Å². The van der Waals surface area contributed by atoms with E-state index in [1.807, 2.05) is 6.92 Å². The SMILES string of the molecule is Cc1ccc(F)c(Nc2ncnc(Cl)c2C)c1. The van der Waals surface area contributed by atoms with Gasteiger partial charge in [0.25, 0.3) is 0 Å². The molecular weight excluding hydrogens is 241 g/mol. The molecule has 0 aliphatic carbocycles. The number of nitrogens with zero attached hydrogens (tertiary/aromatic N) is 2. The van der Waals surface area contributed by atoms with Crippen LogP contribution in [0.1, 0.15) is 11.1 Å². The normalized spacial score (nSPS) is 10.4. The van der Waals surface area contributed by atoms with Crippen molar-refractivity contribution in [1.82, 2.24) is 9.97 Å². The molecule has 0 bridgehead atoms. The molecule has 1 aromatic heterocycles. The number of aromatic nitrogens is 2. The van der Waals surface area contributed by atoms with Crippen molar-refractivity contribution in [3.63, 3.8) is 0 Å². The Balaban J connectivity index is 2.38. The van der Waals surface area contributed by atoms with Gasteiger partial charge in [0.05, 0.1) is 5.69 Å². The first kappa shape index (κ1) is 11.8. The fraction of sp³-hybridized carbons (Fsp3) is 0.167. The third-order valence-electron chi connectivity index (χ3n) is 2.40. The van der Waals surface area contributed by atoms with Crippen molar-refractivity contribution in [2.75, 3.05) is 5.32 Å². The largest absolute Gasteiger partial charge is 0.337 e. The van der Waals surface area contributed by atoms with E-state index in [4.69, 9.17) is 11.6 Å². The summed E-state index contributed by atoms with van der Waals surface area (Å²) in [5.74, 6) is 0.180. The molecule has 5 heteroatoms. The summed E-state index contributed by atoms with van der Waals surface area (Å²) in [7, 11) is 0. The Hall–Kier alpha value is -1.68. The van der Waals surface area contributed by atoms with E-state index < -0.39 is 0 Å². The highest BCUT2D eigenvalue weighted by Crippen LogP contribution is 2.24. The van der Waals surface area contributed by atoms with Crippen LogP contribution in [0.25, 0.3) is 0 Å². The minimum atomic E-state index is -0.329. The van der Waals surface area contributed by atoms with E-state index in [0.29, 0.717) is 22.2 Å². The van der Waals surface area contributed by atoms with Gasteiger partial charge in [-0.2, -0.15) is 0 Å². The van der Waals surface area contributed by atoms with E-state index in [1.165, 1.54) is 12.4 Å². The Morgan fingerprint density at radius 3 is 2.76 bits per heavy atom. The highest BCUT2D eigenvalue weighted by atomic mass is 35.5. The zero-order valence-corrected chi connectivity index (χ0v) is 10.2. The van der Waals surface area contributed by atoms with Crippen molar-refractivity contribution in [3.05, 3.63) is 46.6 Å². The van der Waals surface area contributed by atoms with E-state index in [-0.39, 0.29) is 5.82 Å². The molecule has 0 atom stereocenters. The predicted octanol–water partition coefficient (Wildman–Crippen LogP) is 3.63. The monoisotopic (exact) mass is 251 g/mol. The van der Waals surface area contributed by atoms with E-state index in [0.717, 1.165) is 5.56 Å². The van der Waals surface area contributed by atoms with E-state index in [9.17, 15) is 4.39 Å². The van der Waals surface area contributed by atoms with E-state index in [1.54, 1.807) is 19.1 Å². The smallest absolute Gasteiger partial charge is 0.146 e. The summed E-state index contributed by atoms with van der Waals surface area (Å²) >= 11 is 5.87. The Kier molecular flexibility index (Phi) is 3.24. The maximum Gasteiger partial charge on any atom is 0.146 e. The lowest BCUT2D eigenvalue weighted by Crippen LogP contribution is -2.00. The number of hydrogen-bond donors (Lipinski definition) is 1. The summed E-state index contributed by atoms with van der Waals surface area (Å²) in [5, 5.41) is 3.27. The fourth-order valence-electron chi connectivity index (χ4n) is 1.42. The molecule has 0 radical (unpaired) electrons. The summed E-state index contributed by atoms with van der Waals surface area (Å²) in [4.78, 5) is 7.87. The maximum atomic E-state index is 13.5. The van der Waals surface area contributed by atoms with Gasteiger partial charge in [-0.3, -0.25) is 0 Å². The molecule has 0 aliphatic rings. The third kappa shape index (κ3) is 2.53. The molecule has 1 N–H and O–H groups in total. The lowest BCUT2D eigenvalue weighted by atomic mass is 10.2. The molecule has 0 spiro atoms. The first-order valence-electron chi connectivity index (χ1n) is 5.08. The summed E-state index contributed by atoms with van der Waals surface area (Å²) < 4.78 is 13.5. The Bertz CT molecular complexity index is 557. The average Bonchev–Trinajstić information content (AvgIpc) is 2.30. The van der Waals surface area contributed by atoms with Gasteiger partial charge in [0.15, 0.2) is 0 Å². The minimum absolute atomic E-state index is 0.329. The van der Waals surface area contributed by atoms with Crippen molar-refractivity contribution in [2.24, 2.45) is 0 Å². The van der Waals surface area contributed by atoms with Crippen LogP contribution in [0.3, 0.4) is 0 Å². The predicted molar refractivity (Wildman–Crippen MR) is 66.2 cm³/mol. The van der Waals surface area contributed by atoms with Crippen LogP contribution in [-0.4, -0.2) is 9.97 Å². The Labute approximate surface area is 104 Å². The standard InChI is InChI=1S/C12H11ClFN3/c1-7-3-4-9(14)10(5-7)17-12-8(2)11(13)15-6-16-12/h3-6H,1-2H3,(H,15,16,17). The van der Waals surface area contributed by atoms with Gasteiger partial charge in [-0.25, -0.2) is 14.4 Å². The topological polar surface area (TPSA) is 37.8 Å². The van der Waals surface area contributed by atoms with Crippen molar-refractivity contribution < 1.29 is 4.39 Å². The minimum Gasteiger partial charge on any atom is -0.337 e. The molecule has 0 amide bonds. The van der Waals surface area contributed by atoms with Gasteiger partial charge in [0.1, 0.15) is 23.1 Å². The summed E-state index contributed by atoms with van der Waals surface area (Å²) in [6.07, 6.45) is 1.34. The molecular formula is C12H11ClFN3. The van der Waals surface area contributed by atoms with Gasteiger partial charge in [0, 0.05) is 5.56 Å². The first-order valence-corrected chi connectivity index (χ1v) is 5.46. The zero-order chi connectivity index (χ0) is 12.4. The lowest BCUT2D eigenvalue weighted by Gasteiger charge is -2.10. The number of nitrogens with one attached hydrogen (secondary N) is 1. The van der Waals surface area contributed by atoms with Gasteiger partial charge in [-0.15, -0.1) is 0 Å². The van der Waals surface area contributed by atoms with Gasteiger partial charge in [0.2, 0.25) is 0 Å². The second-order valence-electron chi connectivity index (χ2n) is 3.75. The molecule has 88 valence electrons. The molecule has 1 heterocycles. The molecule has 0 unspecified atom stereocenters. The van der Waals surface area contributed by atoms with E-state index >= 15 is 0 Å². The molecule has 1 aromatic carbocycles. The Morgan fingerprint density at radius 2 is 2.00 bits per heavy atom. The number of anilines is 2. The van der Waals surface area contributed by atoms with Gasteiger partial charge in [-0.1, -0.05) is 17.7 Å². The van der Waals surface area contributed by atoms with Crippen molar-refractivity contribution in [3.8, 4) is 0 Å². The molecule has 0 saturated carbocycles. The zero-order valence-electron chi connectivity index (χ0n) is 9.46. The number of halogens is 2. The quantitative estimate of drug-likeness (QED) is 0.829. The van der Waals surface area contributed by atoms with Crippen LogP contribution in [0.5, 0.6) is 0 Å². The third-order valence-corrected chi connectivity index (χ3v) is 2.78. The summed E-state index contributed by atoms with van der Waals surface area (Å²) in [6, 6.07) is 4.83. The maximum absolute atomic E-state index is 13.5. The Morgan fingerprint density at radius 1 is 1.24 bits per heavy atom. The van der Waals surface area contributed by atoms with Crippen LogP contribution in [0.2, 0.25) is 5.15 Å². The molecule has 2 aromatic rings. The molecule has 0 fully saturated rings. The molecule has 0 saturated heterocycles. The van der Waals surface area contributed by atoms with Gasteiger partial charge >= 0.3 is 0 Å². The molecule has 17 heavy (non-hydrogen) atoms. The molecule has 2 rings (SSSR count). The van der Waals surface area contributed by atoms with Crippen molar-refractivity contribution in [2.45, 2.75) is 13.8 Å². The van der Waals surface area contributed by atoms with E-state index in [2.05, 4.69) is 15.3 Å². The van der Waals surface area contributed by atoms with Crippen LogP contribution in [0, 0.1) is 19.7 Å². The number of aryl methyl sites for hydroxylation is 1. The van der Waals surface area contributed by atoms with Crippen LogP contribution in [0.4, 0.5) is 15.9 Å². The highest BCUT2D eigenvalue weighted by Gasteiger charge is 2.08.